The van der Waals surface area contributed by atoms with Gasteiger partial charge in [0.15, 0.2) is 5.82 Å². The van der Waals surface area contributed by atoms with Crippen LogP contribution in [0.3, 0.4) is 0 Å². The molecule has 2 amide bonds. The van der Waals surface area contributed by atoms with E-state index in [1.54, 1.807) is 6.07 Å². The van der Waals surface area contributed by atoms with Crippen molar-refractivity contribution < 1.29 is 14.4 Å². The molecule has 0 spiro atoms. The van der Waals surface area contributed by atoms with E-state index in [9.17, 15) is 9.90 Å². The summed E-state index contributed by atoms with van der Waals surface area (Å²) < 4.78 is 5.19. The zero-order chi connectivity index (χ0) is 14.8. The number of aliphatic hydroxyl groups is 1. The van der Waals surface area contributed by atoms with E-state index in [1.807, 2.05) is 20.8 Å². The fraction of sp³-hybridized carbons (Fsp3) is 0.714. The average molecular weight is 281 g/mol. The molecule has 0 radical (unpaired) electrons. The fourth-order valence-electron chi connectivity index (χ4n) is 2.33. The molecule has 1 aromatic heterocycles. The number of aliphatic hydroxyl groups excluding tert-OH is 1. The van der Waals surface area contributed by atoms with E-state index in [4.69, 9.17) is 4.52 Å². The summed E-state index contributed by atoms with van der Waals surface area (Å²) in [6.07, 6.45) is 2.51. The lowest BCUT2D eigenvalue weighted by atomic mass is 9.93. The van der Waals surface area contributed by atoms with Crippen LogP contribution in [-0.2, 0) is 5.41 Å². The SMILES string of the molecule is CC(C)(C)c1cc(NC(=O)NC[C@H]2CCC[C@H]2O)no1. The molecule has 0 aromatic carbocycles. The van der Waals surface area contributed by atoms with Gasteiger partial charge in [0.1, 0.15) is 5.76 Å². The molecule has 2 rings (SSSR count). The molecule has 112 valence electrons. The number of nitrogens with one attached hydrogen (secondary N) is 2. The summed E-state index contributed by atoms with van der Waals surface area (Å²) in [5.74, 6) is 1.28. The Labute approximate surface area is 118 Å². The van der Waals surface area contributed by atoms with E-state index in [0.29, 0.717) is 12.4 Å². The minimum Gasteiger partial charge on any atom is -0.393 e. The minimum atomic E-state index is -0.321. The van der Waals surface area contributed by atoms with Crippen molar-refractivity contribution >= 4 is 11.8 Å². The molecule has 20 heavy (non-hydrogen) atoms. The molecule has 2 atom stereocenters. The minimum absolute atomic E-state index is 0.142. The van der Waals surface area contributed by atoms with Gasteiger partial charge in [0.2, 0.25) is 0 Å². The first-order valence-corrected chi connectivity index (χ1v) is 7.06. The first-order chi connectivity index (χ1) is 9.36. The Morgan fingerprint density at radius 3 is 2.80 bits per heavy atom. The van der Waals surface area contributed by atoms with Crippen LogP contribution in [0.25, 0.3) is 0 Å². The first kappa shape index (κ1) is 14.8. The lowest BCUT2D eigenvalue weighted by Gasteiger charge is -2.14. The molecule has 0 saturated heterocycles. The van der Waals surface area contributed by atoms with Crippen molar-refractivity contribution in [2.45, 2.75) is 51.6 Å². The number of amides is 2. The van der Waals surface area contributed by atoms with Crippen LogP contribution in [0.5, 0.6) is 0 Å². The summed E-state index contributed by atoms with van der Waals surface area (Å²) in [7, 11) is 0. The van der Waals surface area contributed by atoms with Crippen LogP contribution >= 0.6 is 0 Å². The summed E-state index contributed by atoms with van der Waals surface area (Å²) in [5, 5.41) is 18.9. The van der Waals surface area contributed by atoms with Gasteiger partial charge in [0.25, 0.3) is 0 Å². The zero-order valence-corrected chi connectivity index (χ0v) is 12.3. The second-order valence-electron chi connectivity index (χ2n) is 6.42. The number of urea groups is 1. The molecule has 1 heterocycles. The highest BCUT2D eigenvalue weighted by Gasteiger charge is 2.25. The summed E-state index contributed by atoms with van der Waals surface area (Å²) in [4.78, 5) is 11.7. The van der Waals surface area contributed by atoms with Crippen LogP contribution in [0.4, 0.5) is 10.6 Å². The molecule has 0 bridgehead atoms. The molecule has 6 heteroatoms. The quantitative estimate of drug-likeness (QED) is 0.793. The van der Waals surface area contributed by atoms with Gasteiger partial charge in [-0.2, -0.15) is 0 Å². The Hall–Kier alpha value is -1.56. The van der Waals surface area contributed by atoms with E-state index >= 15 is 0 Å². The van der Waals surface area contributed by atoms with Gasteiger partial charge in [0, 0.05) is 23.9 Å². The summed E-state index contributed by atoms with van der Waals surface area (Å²) >= 11 is 0. The third kappa shape index (κ3) is 3.72. The number of carbonyl (C=O) groups excluding carboxylic acids is 1. The second-order valence-corrected chi connectivity index (χ2v) is 6.42. The largest absolute Gasteiger partial charge is 0.393 e. The van der Waals surface area contributed by atoms with Gasteiger partial charge in [-0.3, -0.25) is 5.32 Å². The van der Waals surface area contributed by atoms with Crippen molar-refractivity contribution in [3.8, 4) is 0 Å². The van der Waals surface area contributed by atoms with Crippen molar-refractivity contribution in [3.63, 3.8) is 0 Å². The molecular formula is C14H23N3O3. The highest BCUT2D eigenvalue weighted by Crippen LogP contribution is 2.25. The van der Waals surface area contributed by atoms with E-state index < -0.39 is 0 Å². The van der Waals surface area contributed by atoms with E-state index in [-0.39, 0.29) is 23.5 Å². The van der Waals surface area contributed by atoms with Crippen molar-refractivity contribution in [2.75, 3.05) is 11.9 Å². The molecule has 3 N–H and O–H groups in total. The maximum atomic E-state index is 11.7. The number of hydrogen-bond acceptors (Lipinski definition) is 4. The standard InChI is InChI=1S/C14H23N3O3/c1-14(2,3)11-7-12(17-20-11)16-13(19)15-8-9-5-4-6-10(9)18/h7,9-10,18H,4-6,8H2,1-3H3,(H2,15,16,17,19)/t9-,10-/m1/s1. The van der Waals surface area contributed by atoms with Crippen molar-refractivity contribution in [3.05, 3.63) is 11.8 Å². The van der Waals surface area contributed by atoms with Crippen molar-refractivity contribution in [2.24, 2.45) is 5.92 Å². The molecule has 0 unspecified atom stereocenters. The molecule has 1 aromatic rings. The van der Waals surface area contributed by atoms with Gasteiger partial charge in [-0.25, -0.2) is 4.79 Å². The fourth-order valence-corrected chi connectivity index (χ4v) is 2.33. The van der Waals surface area contributed by atoms with Crippen molar-refractivity contribution in [1.82, 2.24) is 10.5 Å². The third-order valence-corrected chi connectivity index (χ3v) is 3.63. The van der Waals surface area contributed by atoms with Crippen LogP contribution in [0.2, 0.25) is 0 Å². The number of hydrogen-bond donors (Lipinski definition) is 3. The monoisotopic (exact) mass is 281 g/mol. The van der Waals surface area contributed by atoms with Crippen LogP contribution in [0.1, 0.15) is 45.8 Å². The van der Waals surface area contributed by atoms with Crippen LogP contribution < -0.4 is 10.6 Å². The molecule has 1 aliphatic carbocycles. The van der Waals surface area contributed by atoms with Gasteiger partial charge in [-0.1, -0.05) is 32.3 Å². The maximum absolute atomic E-state index is 11.7. The van der Waals surface area contributed by atoms with E-state index in [0.717, 1.165) is 25.0 Å². The highest BCUT2D eigenvalue weighted by atomic mass is 16.5. The molecular weight excluding hydrogens is 258 g/mol. The van der Waals surface area contributed by atoms with Gasteiger partial charge in [-0.05, 0) is 12.8 Å². The summed E-state index contributed by atoms with van der Waals surface area (Å²) in [5.41, 5.74) is -0.142. The van der Waals surface area contributed by atoms with Crippen LogP contribution in [0, 0.1) is 5.92 Å². The maximum Gasteiger partial charge on any atom is 0.320 e. The van der Waals surface area contributed by atoms with Gasteiger partial charge < -0.3 is 14.9 Å². The Balaban J connectivity index is 1.81. The summed E-state index contributed by atoms with van der Waals surface area (Å²) in [6, 6.07) is 1.40. The van der Waals surface area contributed by atoms with Crippen molar-refractivity contribution in [1.29, 1.82) is 0 Å². The highest BCUT2D eigenvalue weighted by molar-refractivity contribution is 5.88. The average Bonchev–Trinajstić information content (AvgIpc) is 2.95. The Morgan fingerprint density at radius 1 is 1.50 bits per heavy atom. The Kier molecular flexibility index (Phi) is 4.32. The van der Waals surface area contributed by atoms with Gasteiger partial charge in [-0.15, -0.1) is 0 Å². The smallest absolute Gasteiger partial charge is 0.320 e. The predicted molar refractivity (Wildman–Crippen MR) is 75.6 cm³/mol. The van der Waals surface area contributed by atoms with Crippen LogP contribution in [0.15, 0.2) is 10.6 Å². The van der Waals surface area contributed by atoms with Gasteiger partial charge in [0.05, 0.1) is 6.10 Å². The Morgan fingerprint density at radius 2 is 2.25 bits per heavy atom. The number of rotatable bonds is 3. The lowest BCUT2D eigenvalue weighted by molar-refractivity contribution is 0.133. The number of carbonyl (C=O) groups is 1. The number of nitrogens with zero attached hydrogens (tertiary/aromatic N) is 1. The normalized spacial score (nSPS) is 22.8. The lowest BCUT2D eigenvalue weighted by Crippen LogP contribution is -2.35. The second kappa shape index (κ2) is 5.83. The number of aromatic nitrogens is 1. The van der Waals surface area contributed by atoms with Gasteiger partial charge >= 0.3 is 6.03 Å². The Bertz CT molecular complexity index is 464. The molecule has 1 aliphatic rings. The topological polar surface area (TPSA) is 87.4 Å². The summed E-state index contributed by atoms with van der Waals surface area (Å²) in [6.45, 7) is 6.52. The predicted octanol–water partition coefficient (Wildman–Crippen LogP) is 2.25. The molecule has 1 saturated carbocycles. The molecule has 6 nitrogen and oxygen atoms in total. The first-order valence-electron chi connectivity index (χ1n) is 7.06. The zero-order valence-electron chi connectivity index (χ0n) is 12.3. The molecule has 0 aliphatic heterocycles. The third-order valence-electron chi connectivity index (χ3n) is 3.63. The van der Waals surface area contributed by atoms with Crippen LogP contribution in [-0.4, -0.2) is 28.9 Å². The van der Waals surface area contributed by atoms with E-state index in [1.165, 1.54) is 0 Å². The number of anilines is 1. The molecule has 1 fully saturated rings. The van der Waals surface area contributed by atoms with E-state index in [2.05, 4.69) is 15.8 Å².